The first-order valence-electron chi connectivity index (χ1n) is 4.24. The Balaban J connectivity index is 0. The Labute approximate surface area is 84.7 Å². The van der Waals surface area contributed by atoms with Gasteiger partial charge in [-0.1, -0.05) is 48.5 Å². The van der Waals surface area contributed by atoms with Crippen molar-refractivity contribution in [3.8, 4) is 0 Å². The Kier molecular flexibility index (Phi) is 13.9. The number of hydrogen-bond acceptors (Lipinski definition) is 0. The van der Waals surface area contributed by atoms with Gasteiger partial charge in [0.2, 0.25) is 0 Å². The summed E-state index contributed by atoms with van der Waals surface area (Å²) in [6.07, 6.45) is 6.76. The second-order valence-electron chi connectivity index (χ2n) is 2.74. The monoisotopic (exact) mass is 243 g/mol. The van der Waals surface area contributed by atoms with Gasteiger partial charge in [-0.3, -0.25) is 0 Å². The van der Waals surface area contributed by atoms with Gasteiger partial charge in [-0.2, -0.15) is 0 Å². The van der Waals surface area contributed by atoms with Crippen LogP contribution in [0, 0.1) is 0 Å². The van der Waals surface area contributed by atoms with Gasteiger partial charge < -0.3 is 18.1 Å². The Morgan fingerprint density at radius 2 is 1.91 bits per heavy atom. The van der Waals surface area contributed by atoms with Crippen molar-refractivity contribution in [2.75, 3.05) is 6.54 Å². The Morgan fingerprint density at radius 3 is 2.36 bits per heavy atom. The predicted octanol–water partition coefficient (Wildman–Crippen LogP) is -1.03. The van der Waals surface area contributed by atoms with Crippen LogP contribution in [-0.2, 0) is 0 Å². The molecule has 0 aromatic heterocycles. The minimum atomic E-state index is 0. The molecule has 1 nitrogen and oxygen atoms in total. The number of halogens is 2. The van der Waals surface area contributed by atoms with Crippen molar-refractivity contribution in [1.82, 2.24) is 0 Å². The molecule has 0 heterocycles. The minimum Gasteiger partial charge on any atom is -1.00 e. The molecule has 11 heavy (non-hydrogen) atoms. The SMILES string of the molecule is CCCCCCC(Br)C[NH3+].[Cl-]. The van der Waals surface area contributed by atoms with E-state index in [9.17, 15) is 0 Å². The summed E-state index contributed by atoms with van der Waals surface area (Å²) in [5.74, 6) is 0. The molecular formula is C8H19BrClN. The molecule has 3 N–H and O–H groups in total. The average molecular weight is 245 g/mol. The molecule has 0 aliphatic carbocycles. The quantitative estimate of drug-likeness (QED) is 0.457. The van der Waals surface area contributed by atoms with Crippen LogP contribution >= 0.6 is 15.9 Å². The van der Waals surface area contributed by atoms with Crippen LogP contribution in [0.1, 0.15) is 39.0 Å². The molecule has 0 amide bonds. The highest BCUT2D eigenvalue weighted by Crippen LogP contribution is 2.09. The standard InChI is InChI=1S/C8H18BrN.ClH/c1-2-3-4-5-6-8(9)7-10;/h8H,2-7,10H2,1H3;1H. The highest BCUT2D eigenvalue weighted by atomic mass is 79.9. The van der Waals surface area contributed by atoms with Crippen LogP contribution in [0.3, 0.4) is 0 Å². The summed E-state index contributed by atoms with van der Waals surface area (Å²) in [6.45, 7) is 3.26. The molecule has 0 saturated heterocycles. The van der Waals surface area contributed by atoms with Crippen molar-refractivity contribution in [3.05, 3.63) is 0 Å². The van der Waals surface area contributed by atoms with E-state index in [-0.39, 0.29) is 12.4 Å². The zero-order valence-corrected chi connectivity index (χ0v) is 9.62. The predicted molar refractivity (Wildman–Crippen MR) is 49.2 cm³/mol. The first-order valence-corrected chi connectivity index (χ1v) is 5.16. The van der Waals surface area contributed by atoms with Gasteiger partial charge >= 0.3 is 0 Å². The topological polar surface area (TPSA) is 27.6 Å². The molecule has 0 radical (unpaired) electrons. The lowest BCUT2D eigenvalue weighted by Crippen LogP contribution is -3.00. The van der Waals surface area contributed by atoms with E-state index >= 15 is 0 Å². The fourth-order valence-electron chi connectivity index (χ4n) is 0.937. The maximum Gasteiger partial charge on any atom is 0.0866 e. The zero-order chi connectivity index (χ0) is 7.82. The first kappa shape index (κ1) is 14.3. The molecule has 0 bridgehead atoms. The van der Waals surface area contributed by atoms with Gasteiger partial charge in [0, 0.05) is 0 Å². The number of alkyl halides is 1. The third-order valence-electron chi connectivity index (χ3n) is 1.68. The normalized spacial score (nSPS) is 12.3. The Hall–Kier alpha value is 0.730. The number of rotatable bonds is 6. The van der Waals surface area contributed by atoms with Crippen LogP contribution in [0.4, 0.5) is 0 Å². The Morgan fingerprint density at radius 1 is 1.27 bits per heavy atom. The second-order valence-corrected chi connectivity index (χ2v) is 4.03. The van der Waals surface area contributed by atoms with Gasteiger partial charge in [0.25, 0.3) is 0 Å². The highest BCUT2D eigenvalue weighted by molar-refractivity contribution is 9.09. The van der Waals surface area contributed by atoms with E-state index in [4.69, 9.17) is 0 Å². The lowest BCUT2D eigenvalue weighted by Gasteiger charge is -2.02. The van der Waals surface area contributed by atoms with Gasteiger partial charge in [-0.05, 0) is 6.42 Å². The molecule has 1 unspecified atom stereocenters. The smallest absolute Gasteiger partial charge is 0.0866 e. The van der Waals surface area contributed by atoms with Gasteiger partial charge in [0.15, 0.2) is 0 Å². The van der Waals surface area contributed by atoms with Crippen LogP contribution in [0.15, 0.2) is 0 Å². The summed E-state index contributed by atoms with van der Waals surface area (Å²) in [7, 11) is 0. The Bertz CT molecular complexity index is 71.1. The summed E-state index contributed by atoms with van der Waals surface area (Å²) in [4.78, 5) is 0.657. The second kappa shape index (κ2) is 10.7. The summed E-state index contributed by atoms with van der Waals surface area (Å²) in [6, 6.07) is 0. The number of unbranched alkanes of at least 4 members (excludes halogenated alkanes) is 3. The fraction of sp³-hybridized carbons (Fsp3) is 1.00. The molecule has 3 heteroatoms. The van der Waals surface area contributed by atoms with Crippen molar-refractivity contribution in [2.45, 2.75) is 43.9 Å². The van der Waals surface area contributed by atoms with Crippen molar-refractivity contribution in [2.24, 2.45) is 0 Å². The molecule has 0 aromatic rings. The molecule has 0 fully saturated rings. The average Bonchev–Trinajstić information content (AvgIpc) is 1.98. The molecule has 1 atom stereocenters. The van der Waals surface area contributed by atoms with Gasteiger partial charge in [0.05, 0.1) is 11.4 Å². The summed E-state index contributed by atoms with van der Waals surface area (Å²) >= 11 is 3.57. The van der Waals surface area contributed by atoms with Crippen molar-refractivity contribution in [1.29, 1.82) is 0 Å². The summed E-state index contributed by atoms with van der Waals surface area (Å²) in [5, 5.41) is 0. The van der Waals surface area contributed by atoms with E-state index in [1.165, 1.54) is 32.1 Å². The number of hydrogen-bond donors (Lipinski definition) is 1. The fourth-order valence-corrected chi connectivity index (χ4v) is 1.26. The molecule has 0 aliphatic heterocycles. The van der Waals surface area contributed by atoms with E-state index in [1.807, 2.05) is 0 Å². The molecule has 0 rings (SSSR count). The summed E-state index contributed by atoms with van der Waals surface area (Å²) < 4.78 is 0. The van der Waals surface area contributed by atoms with E-state index < -0.39 is 0 Å². The minimum absolute atomic E-state index is 0. The third kappa shape index (κ3) is 10.7. The van der Waals surface area contributed by atoms with Crippen molar-refractivity contribution < 1.29 is 18.1 Å². The first-order chi connectivity index (χ1) is 4.81. The van der Waals surface area contributed by atoms with Gasteiger partial charge in [-0.25, -0.2) is 0 Å². The van der Waals surface area contributed by atoms with Crippen LogP contribution in [0.25, 0.3) is 0 Å². The van der Waals surface area contributed by atoms with Crippen LogP contribution in [0.2, 0.25) is 0 Å². The van der Waals surface area contributed by atoms with E-state index in [0.29, 0.717) is 4.83 Å². The molecule has 0 saturated carbocycles. The summed E-state index contributed by atoms with van der Waals surface area (Å²) in [5.41, 5.74) is 3.84. The van der Waals surface area contributed by atoms with E-state index in [0.717, 1.165) is 6.54 Å². The third-order valence-corrected chi connectivity index (χ3v) is 2.60. The van der Waals surface area contributed by atoms with E-state index in [1.54, 1.807) is 0 Å². The van der Waals surface area contributed by atoms with E-state index in [2.05, 4.69) is 28.6 Å². The maximum absolute atomic E-state index is 3.84. The lowest BCUT2D eigenvalue weighted by molar-refractivity contribution is -0.366. The maximum atomic E-state index is 3.84. The van der Waals surface area contributed by atoms with Crippen LogP contribution in [0.5, 0.6) is 0 Å². The largest absolute Gasteiger partial charge is 1.00 e. The van der Waals surface area contributed by atoms with Gasteiger partial charge in [0.1, 0.15) is 0 Å². The molecule has 0 spiro atoms. The molecule has 0 aliphatic rings. The molecule has 0 aromatic carbocycles. The van der Waals surface area contributed by atoms with Crippen LogP contribution in [-0.4, -0.2) is 11.4 Å². The zero-order valence-electron chi connectivity index (χ0n) is 7.28. The molecule has 70 valence electrons. The number of quaternary nitrogens is 1. The van der Waals surface area contributed by atoms with Gasteiger partial charge in [-0.15, -0.1) is 0 Å². The van der Waals surface area contributed by atoms with Crippen molar-refractivity contribution in [3.63, 3.8) is 0 Å². The molecular weight excluding hydrogens is 225 g/mol. The van der Waals surface area contributed by atoms with Crippen LogP contribution < -0.4 is 18.1 Å². The highest BCUT2D eigenvalue weighted by Gasteiger charge is 2.01. The van der Waals surface area contributed by atoms with Crippen molar-refractivity contribution >= 4 is 15.9 Å². The lowest BCUT2D eigenvalue weighted by atomic mass is 10.1.